The molecule has 0 saturated carbocycles. The predicted octanol–water partition coefficient (Wildman–Crippen LogP) is 5.05. The first kappa shape index (κ1) is 15.7. The van der Waals surface area contributed by atoms with Gasteiger partial charge in [-0.05, 0) is 39.3 Å². The fourth-order valence-electron chi connectivity index (χ4n) is 2.25. The molecule has 5 heteroatoms. The van der Waals surface area contributed by atoms with Gasteiger partial charge in [-0.3, -0.25) is 5.32 Å². The number of halogens is 1. The molecule has 0 fully saturated rings. The summed E-state index contributed by atoms with van der Waals surface area (Å²) in [7, 11) is 0. The first-order chi connectivity index (χ1) is 9.81. The summed E-state index contributed by atoms with van der Waals surface area (Å²) in [6.07, 6.45) is 2.44. The van der Waals surface area contributed by atoms with E-state index in [0.29, 0.717) is 10.7 Å². The van der Waals surface area contributed by atoms with Crippen molar-refractivity contribution in [3.63, 3.8) is 0 Å². The van der Waals surface area contributed by atoms with Crippen molar-refractivity contribution in [1.29, 1.82) is 0 Å². The Morgan fingerprint density at radius 3 is 2.71 bits per heavy atom. The first-order valence-electron chi connectivity index (χ1n) is 7.09. The molecule has 114 valence electrons. The Labute approximate surface area is 130 Å². The molecule has 21 heavy (non-hydrogen) atoms. The average molecular weight is 309 g/mol. The smallest absolute Gasteiger partial charge is 0.412 e. The predicted molar refractivity (Wildman–Crippen MR) is 87.1 cm³/mol. The maximum absolute atomic E-state index is 11.9. The highest BCUT2D eigenvalue weighted by Crippen LogP contribution is 2.32. The van der Waals surface area contributed by atoms with E-state index in [9.17, 15) is 4.79 Å². The molecule has 2 rings (SSSR count). The number of fused-ring (bicyclic) bond motifs is 1. The van der Waals surface area contributed by atoms with Gasteiger partial charge >= 0.3 is 6.09 Å². The van der Waals surface area contributed by atoms with Gasteiger partial charge in [0.2, 0.25) is 0 Å². The molecule has 0 spiro atoms. The number of anilines is 1. The van der Waals surface area contributed by atoms with Crippen LogP contribution in [-0.4, -0.2) is 16.3 Å². The van der Waals surface area contributed by atoms with Gasteiger partial charge in [-0.15, -0.1) is 0 Å². The van der Waals surface area contributed by atoms with Gasteiger partial charge in [-0.2, -0.15) is 0 Å². The number of hydrogen-bond donors (Lipinski definition) is 1. The minimum absolute atomic E-state index is 0.477. The van der Waals surface area contributed by atoms with E-state index < -0.39 is 11.7 Å². The SMILES string of the molecule is CCCn1cc(Cl)c2c(NC(=O)OC(C)(C)C)cccc21. The highest BCUT2D eigenvalue weighted by atomic mass is 35.5. The molecular weight excluding hydrogens is 288 g/mol. The number of nitrogens with zero attached hydrogens (tertiary/aromatic N) is 1. The quantitative estimate of drug-likeness (QED) is 0.862. The number of ether oxygens (including phenoxy) is 1. The molecule has 1 heterocycles. The summed E-state index contributed by atoms with van der Waals surface area (Å²) in [5, 5.41) is 4.25. The van der Waals surface area contributed by atoms with Gasteiger partial charge in [-0.1, -0.05) is 24.6 Å². The maximum atomic E-state index is 11.9. The van der Waals surface area contributed by atoms with Crippen LogP contribution >= 0.6 is 11.6 Å². The summed E-state index contributed by atoms with van der Waals surface area (Å²) in [4.78, 5) is 11.9. The Balaban J connectivity index is 2.34. The zero-order valence-corrected chi connectivity index (χ0v) is 13.6. The first-order valence-corrected chi connectivity index (χ1v) is 7.47. The lowest BCUT2D eigenvalue weighted by molar-refractivity contribution is 0.0636. The van der Waals surface area contributed by atoms with Gasteiger partial charge in [0.05, 0.1) is 16.2 Å². The number of carbonyl (C=O) groups excluding carboxylic acids is 1. The Morgan fingerprint density at radius 1 is 1.38 bits per heavy atom. The normalized spacial score (nSPS) is 11.7. The van der Waals surface area contributed by atoms with E-state index in [-0.39, 0.29) is 0 Å². The number of nitrogens with one attached hydrogen (secondary N) is 1. The van der Waals surface area contributed by atoms with Crippen LogP contribution in [0.25, 0.3) is 10.9 Å². The summed E-state index contributed by atoms with van der Waals surface area (Å²) in [6.45, 7) is 8.50. The zero-order chi connectivity index (χ0) is 15.6. The number of aryl methyl sites for hydroxylation is 1. The van der Waals surface area contributed by atoms with Crippen molar-refractivity contribution in [2.75, 3.05) is 5.32 Å². The second-order valence-electron chi connectivity index (χ2n) is 6.00. The van der Waals surface area contributed by atoms with Crippen LogP contribution in [0.5, 0.6) is 0 Å². The molecule has 1 aromatic heterocycles. The third-order valence-electron chi connectivity index (χ3n) is 2.96. The molecule has 0 unspecified atom stereocenters. The number of rotatable bonds is 3. The zero-order valence-electron chi connectivity index (χ0n) is 12.9. The Morgan fingerprint density at radius 2 is 2.10 bits per heavy atom. The van der Waals surface area contributed by atoms with Gasteiger partial charge in [0, 0.05) is 18.1 Å². The van der Waals surface area contributed by atoms with E-state index in [0.717, 1.165) is 23.9 Å². The van der Waals surface area contributed by atoms with E-state index in [1.165, 1.54) is 0 Å². The number of benzene rings is 1. The minimum Gasteiger partial charge on any atom is -0.444 e. The van der Waals surface area contributed by atoms with Gasteiger partial charge in [0.1, 0.15) is 5.60 Å². The van der Waals surface area contributed by atoms with Crippen LogP contribution in [0.1, 0.15) is 34.1 Å². The van der Waals surface area contributed by atoms with Crippen molar-refractivity contribution < 1.29 is 9.53 Å². The van der Waals surface area contributed by atoms with E-state index in [1.54, 1.807) is 0 Å². The standard InChI is InChI=1S/C16H21ClN2O2/c1-5-9-19-10-11(17)14-12(7-6-8-13(14)19)18-15(20)21-16(2,3)4/h6-8,10H,5,9H2,1-4H3,(H,18,20). The minimum atomic E-state index is -0.532. The summed E-state index contributed by atoms with van der Waals surface area (Å²) in [6, 6.07) is 5.73. The molecule has 2 aromatic rings. The molecule has 1 N–H and O–H groups in total. The lowest BCUT2D eigenvalue weighted by Crippen LogP contribution is -2.27. The van der Waals surface area contributed by atoms with E-state index in [2.05, 4.69) is 16.8 Å². The van der Waals surface area contributed by atoms with E-state index in [1.807, 2.05) is 45.2 Å². The van der Waals surface area contributed by atoms with Crippen molar-refractivity contribution in [3.8, 4) is 0 Å². The molecule has 0 aliphatic heterocycles. The second kappa shape index (κ2) is 5.98. The van der Waals surface area contributed by atoms with Crippen LogP contribution < -0.4 is 5.32 Å². The second-order valence-corrected chi connectivity index (χ2v) is 6.40. The molecule has 1 aromatic carbocycles. The summed E-state index contributed by atoms with van der Waals surface area (Å²) < 4.78 is 7.38. The molecular formula is C16H21ClN2O2. The maximum Gasteiger partial charge on any atom is 0.412 e. The number of amides is 1. The van der Waals surface area contributed by atoms with Crippen LogP contribution in [0.2, 0.25) is 5.02 Å². The van der Waals surface area contributed by atoms with Crippen molar-refractivity contribution in [1.82, 2.24) is 4.57 Å². The fraction of sp³-hybridized carbons (Fsp3) is 0.438. The number of carbonyl (C=O) groups is 1. The molecule has 0 aliphatic rings. The Bertz CT molecular complexity index is 656. The van der Waals surface area contributed by atoms with E-state index in [4.69, 9.17) is 16.3 Å². The third-order valence-corrected chi connectivity index (χ3v) is 3.25. The summed E-state index contributed by atoms with van der Waals surface area (Å²) in [5.41, 5.74) is 1.15. The van der Waals surface area contributed by atoms with Gasteiger partial charge in [-0.25, -0.2) is 4.79 Å². The van der Waals surface area contributed by atoms with Crippen LogP contribution in [0.3, 0.4) is 0 Å². The monoisotopic (exact) mass is 308 g/mol. The molecule has 0 atom stereocenters. The molecule has 0 radical (unpaired) electrons. The highest BCUT2D eigenvalue weighted by molar-refractivity contribution is 6.37. The summed E-state index contributed by atoms with van der Waals surface area (Å²) >= 11 is 6.32. The van der Waals surface area contributed by atoms with Crippen molar-refractivity contribution in [2.45, 2.75) is 46.3 Å². The van der Waals surface area contributed by atoms with Crippen molar-refractivity contribution in [2.24, 2.45) is 0 Å². The number of hydrogen-bond acceptors (Lipinski definition) is 2. The van der Waals surface area contributed by atoms with Gasteiger partial charge < -0.3 is 9.30 Å². The lowest BCUT2D eigenvalue weighted by Gasteiger charge is -2.20. The van der Waals surface area contributed by atoms with Crippen LogP contribution in [0.15, 0.2) is 24.4 Å². The lowest BCUT2D eigenvalue weighted by atomic mass is 10.2. The molecule has 4 nitrogen and oxygen atoms in total. The topological polar surface area (TPSA) is 43.3 Å². The Kier molecular flexibility index (Phi) is 4.47. The van der Waals surface area contributed by atoms with Crippen molar-refractivity contribution >= 4 is 34.3 Å². The van der Waals surface area contributed by atoms with Crippen LogP contribution in [-0.2, 0) is 11.3 Å². The molecule has 0 aliphatic carbocycles. The average Bonchev–Trinajstić information content (AvgIpc) is 2.65. The van der Waals surface area contributed by atoms with Crippen LogP contribution in [0.4, 0.5) is 10.5 Å². The highest BCUT2D eigenvalue weighted by Gasteiger charge is 2.18. The third kappa shape index (κ3) is 3.70. The fourth-order valence-corrected chi connectivity index (χ4v) is 2.56. The molecule has 0 bridgehead atoms. The Hall–Kier alpha value is -1.68. The van der Waals surface area contributed by atoms with Gasteiger partial charge in [0.15, 0.2) is 0 Å². The van der Waals surface area contributed by atoms with Crippen molar-refractivity contribution in [3.05, 3.63) is 29.4 Å². The largest absolute Gasteiger partial charge is 0.444 e. The van der Waals surface area contributed by atoms with Crippen LogP contribution in [0, 0.1) is 0 Å². The van der Waals surface area contributed by atoms with E-state index >= 15 is 0 Å². The number of aromatic nitrogens is 1. The van der Waals surface area contributed by atoms with Gasteiger partial charge in [0.25, 0.3) is 0 Å². The molecule has 0 saturated heterocycles. The summed E-state index contributed by atoms with van der Waals surface area (Å²) in [5.74, 6) is 0. The molecule has 1 amide bonds.